The number of pyridine rings is 1. The molecule has 3 aromatic rings. The second kappa shape index (κ2) is 8.21. The molecule has 0 radical (unpaired) electrons. The molecule has 1 aromatic carbocycles. The minimum absolute atomic E-state index is 0.157. The molecule has 0 fully saturated rings. The molecule has 1 amide bonds. The molecule has 0 unspecified atom stereocenters. The molecule has 2 heterocycles. The van der Waals surface area contributed by atoms with Crippen LogP contribution in [-0.2, 0) is 11.3 Å². The Morgan fingerprint density at radius 1 is 1.16 bits per heavy atom. The molecule has 0 atom stereocenters. The number of hydrogen-bond donors (Lipinski definition) is 1. The third-order valence-corrected chi connectivity index (χ3v) is 3.73. The highest BCUT2D eigenvalue weighted by molar-refractivity contribution is 5.94. The molecule has 25 heavy (non-hydrogen) atoms. The van der Waals surface area contributed by atoms with E-state index in [0.29, 0.717) is 25.3 Å². The molecule has 0 bridgehead atoms. The van der Waals surface area contributed by atoms with Gasteiger partial charge in [0.25, 0.3) is 5.91 Å². The Kier molecular flexibility index (Phi) is 5.53. The van der Waals surface area contributed by atoms with Crippen molar-refractivity contribution in [1.82, 2.24) is 20.1 Å². The summed E-state index contributed by atoms with van der Waals surface area (Å²) in [6, 6.07) is 13.7. The van der Waals surface area contributed by atoms with Crippen molar-refractivity contribution in [2.24, 2.45) is 0 Å². The van der Waals surface area contributed by atoms with Gasteiger partial charge in [-0.3, -0.25) is 14.5 Å². The van der Waals surface area contributed by atoms with Crippen LogP contribution in [0.5, 0.6) is 0 Å². The van der Waals surface area contributed by atoms with Crippen molar-refractivity contribution < 1.29 is 9.53 Å². The fourth-order valence-electron chi connectivity index (χ4n) is 2.42. The molecule has 0 spiro atoms. The van der Waals surface area contributed by atoms with Gasteiger partial charge in [0.1, 0.15) is 0 Å². The first-order valence-electron chi connectivity index (χ1n) is 8.06. The minimum atomic E-state index is -0.157. The fourth-order valence-corrected chi connectivity index (χ4v) is 2.42. The van der Waals surface area contributed by atoms with Crippen LogP contribution in [0.2, 0.25) is 0 Å². The van der Waals surface area contributed by atoms with Crippen molar-refractivity contribution in [2.75, 3.05) is 20.3 Å². The van der Waals surface area contributed by atoms with E-state index >= 15 is 0 Å². The fraction of sp³-hybridized carbons (Fsp3) is 0.211. The van der Waals surface area contributed by atoms with Crippen molar-refractivity contribution >= 4 is 5.91 Å². The van der Waals surface area contributed by atoms with Gasteiger partial charge in [0, 0.05) is 31.6 Å². The van der Waals surface area contributed by atoms with Crippen LogP contribution in [0.15, 0.2) is 61.1 Å². The number of amides is 1. The molecule has 0 saturated heterocycles. The van der Waals surface area contributed by atoms with Gasteiger partial charge in [0.05, 0.1) is 30.6 Å². The molecule has 128 valence electrons. The van der Waals surface area contributed by atoms with Gasteiger partial charge < -0.3 is 10.1 Å². The van der Waals surface area contributed by atoms with Gasteiger partial charge >= 0.3 is 0 Å². The molecule has 1 N–H and O–H groups in total. The summed E-state index contributed by atoms with van der Waals surface area (Å²) in [6.07, 6.45) is 5.31. The number of nitrogens with zero attached hydrogens (tertiary/aromatic N) is 3. The van der Waals surface area contributed by atoms with Crippen LogP contribution < -0.4 is 5.32 Å². The van der Waals surface area contributed by atoms with E-state index in [2.05, 4.69) is 27.5 Å². The number of methoxy groups -OCH3 is 1. The third-order valence-electron chi connectivity index (χ3n) is 3.73. The zero-order chi connectivity index (χ0) is 17.5. The summed E-state index contributed by atoms with van der Waals surface area (Å²) in [7, 11) is 1.60. The minimum Gasteiger partial charge on any atom is -0.383 e. The number of carbonyl (C=O) groups is 1. The van der Waals surface area contributed by atoms with E-state index in [1.165, 1.54) is 5.56 Å². The second-order valence-corrected chi connectivity index (χ2v) is 5.59. The zero-order valence-electron chi connectivity index (χ0n) is 14.1. The van der Waals surface area contributed by atoms with Gasteiger partial charge in [-0.2, -0.15) is 5.10 Å². The quantitative estimate of drug-likeness (QED) is 0.673. The summed E-state index contributed by atoms with van der Waals surface area (Å²) < 4.78 is 6.78. The Balaban J connectivity index is 1.65. The van der Waals surface area contributed by atoms with Gasteiger partial charge in [0.2, 0.25) is 0 Å². The topological polar surface area (TPSA) is 69.0 Å². The summed E-state index contributed by atoms with van der Waals surface area (Å²) in [5.74, 6) is -0.157. The van der Waals surface area contributed by atoms with Crippen molar-refractivity contribution in [1.29, 1.82) is 0 Å². The molecule has 3 rings (SSSR count). The maximum absolute atomic E-state index is 12.0. The van der Waals surface area contributed by atoms with Crippen molar-refractivity contribution in [2.45, 2.75) is 6.54 Å². The van der Waals surface area contributed by atoms with Gasteiger partial charge in [0.15, 0.2) is 0 Å². The lowest BCUT2D eigenvalue weighted by Crippen LogP contribution is -2.26. The molecule has 0 aliphatic rings. The third kappa shape index (κ3) is 4.51. The van der Waals surface area contributed by atoms with Crippen molar-refractivity contribution in [3.8, 4) is 11.3 Å². The number of ether oxygens (including phenoxy) is 1. The van der Waals surface area contributed by atoms with Gasteiger partial charge in [-0.1, -0.05) is 30.3 Å². The van der Waals surface area contributed by atoms with Crippen LogP contribution in [0, 0.1) is 0 Å². The van der Waals surface area contributed by atoms with Crippen LogP contribution in [0.3, 0.4) is 0 Å². The average molecular weight is 336 g/mol. The zero-order valence-corrected chi connectivity index (χ0v) is 14.1. The van der Waals surface area contributed by atoms with Crippen LogP contribution in [-0.4, -0.2) is 40.9 Å². The number of hydrogen-bond acceptors (Lipinski definition) is 4. The predicted octanol–water partition coefficient (Wildman–Crippen LogP) is 2.37. The highest BCUT2D eigenvalue weighted by atomic mass is 16.5. The molecule has 0 aliphatic carbocycles. The average Bonchev–Trinajstić information content (AvgIpc) is 3.11. The number of benzene rings is 1. The van der Waals surface area contributed by atoms with Crippen LogP contribution in [0.4, 0.5) is 0 Å². The second-order valence-electron chi connectivity index (χ2n) is 5.59. The first kappa shape index (κ1) is 16.9. The maximum atomic E-state index is 12.0. The lowest BCUT2D eigenvalue weighted by Gasteiger charge is -2.04. The Morgan fingerprint density at radius 3 is 2.72 bits per heavy atom. The van der Waals surface area contributed by atoms with E-state index in [-0.39, 0.29) is 5.91 Å². The van der Waals surface area contributed by atoms with Crippen LogP contribution in [0.25, 0.3) is 11.3 Å². The molecule has 6 nitrogen and oxygen atoms in total. The highest BCUT2D eigenvalue weighted by Crippen LogP contribution is 2.16. The van der Waals surface area contributed by atoms with E-state index in [4.69, 9.17) is 4.74 Å². The number of carbonyl (C=O) groups excluding carboxylic acids is 1. The Morgan fingerprint density at radius 2 is 2.00 bits per heavy atom. The largest absolute Gasteiger partial charge is 0.383 e. The number of nitrogens with one attached hydrogen (secondary N) is 1. The van der Waals surface area contributed by atoms with Crippen LogP contribution >= 0.6 is 0 Å². The van der Waals surface area contributed by atoms with Gasteiger partial charge in [-0.05, 0) is 17.7 Å². The highest BCUT2D eigenvalue weighted by Gasteiger charge is 2.08. The maximum Gasteiger partial charge on any atom is 0.252 e. The molecule has 2 aromatic heterocycles. The Bertz CT molecular complexity index is 813. The molecule has 6 heteroatoms. The molecular formula is C19H20N4O2. The van der Waals surface area contributed by atoms with E-state index in [1.807, 2.05) is 35.1 Å². The predicted molar refractivity (Wildman–Crippen MR) is 95.2 cm³/mol. The van der Waals surface area contributed by atoms with Crippen LogP contribution in [0.1, 0.15) is 15.9 Å². The van der Waals surface area contributed by atoms with Gasteiger partial charge in [-0.15, -0.1) is 0 Å². The smallest absolute Gasteiger partial charge is 0.252 e. The van der Waals surface area contributed by atoms with E-state index in [0.717, 1.165) is 11.3 Å². The Hall–Kier alpha value is -2.99. The van der Waals surface area contributed by atoms with E-state index in [9.17, 15) is 4.79 Å². The van der Waals surface area contributed by atoms with Crippen molar-refractivity contribution in [3.05, 3.63) is 72.2 Å². The van der Waals surface area contributed by atoms with E-state index < -0.39 is 0 Å². The molecule has 0 aliphatic heterocycles. The molecule has 0 saturated carbocycles. The standard InChI is InChI=1S/C19H20N4O2/c1-25-10-9-20-19(24)16-7-8-18(21-11-16)17-12-22-23(14-17)13-15-5-3-2-4-6-15/h2-8,11-12,14H,9-10,13H2,1H3,(H,20,24). The van der Waals surface area contributed by atoms with Gasteiger partial charge in [-0.25, -0.2) is 0 Å². The summed E-state index contributed by atoms with van der Waals surface area (Å²) in [5.41, 5.74) is 3.42. The van der Waals surface area contributed by atoms with E-state index in [1.54, 1.807) is 25.6 Å². The summed E-state index contributed by atoms with van der Waals surface area (Å²) in [5, 5.41) is 7.15. The first-order chi connectivity index (χ1) is 12.3. The summed E-state index contributed by atoms with van der Waals surface area (Å²) in [6.45, 7) is 1.67. The Labute approximate surface area is 146 Å². The number of rotatable bonds is 7. The van der Waals surface area contributed by atoms with Crippen molar-refractivity contribution in [3.63, 3.8) is 0 Å². The first-order valence-corrected chi connectivity index (χ1v) is 8.06. The molecular weight excluding hydrogens is 316 g/mol. The summed E-state index contributed by atoms with van der Waals surface area (Å²) >= 11 is 0. The lowest BCUT2D eigenvalue weighted by molar-refractivity contribution is 0.0937. The number of aromatic nitrogens is 3. The monoisotopic (exact) mass is 336 g/mol. The summed E-state index contributed by atoms with van der Waals surface area (Å²) in [4.78, 5) is 16.3. The normalized spacial score (nSPS) is 10.6. The SMILES string of the molecule is COCCNC(=O)c1ccc(-c2cnn(Cc3ccccc3)c2)nc1. The lowest BCUT2D eigenvalue weighted by atomic mass is 10.2.